The molecule has 7 nitrogen and oxygen atoms in total. The largest absolute Gasteiger partial charge is 0.482 e. The molecular weight excluding hydrogens is 366 g/mol. The molecule has 1 atom stereocenters. The summed E-state index contributed by atoms with van der Waals surface area (Å²) in [5, 5.41) is 7.47. The Morgan fingerprint density at radius 2 is 2.03 bits per heavy atom. The van der Waals surface area contributed by atoms with Crippen molar-refractivity contribution in [1.29, 1.82) is 0 Å². The van der Waals surface area contributed by atoms with Gasteiger partial charge in [0.15, 0.2) is 11.9 Å². The highest BCUT2D eigenvalue weighted by molar-refractivity contribution is 5.79. The number of aromatic amines is 1. The number of pyridine rings is 1. The lowest BCUT2D eigenvalue weighted by atomic mass is 9.98. The third-order valence-electron chi connectivity index (χ3n) is 5.85. The summed E-state index contributed by atoms with van der Waals surface area (Å²) in [6, 6.07) is 9.68. The fourth-order valence-electron chi connectivity index (χ4n) is 4.23. The molecule has 1 aromatic carbocycles. The molecule has 0 spiro atoms. The van der Waals surface area contributed by atoms with Crippen LogP contribution in [0, 0.1) is 5.92 Å². The molecule has 29 heavy (non-hydrogen) atoms. The monoisotopic (exact) mass is 391 g/mol. The lowest BCUT2D eigenvalue weighted by molar-refractivity contribution is 0.227. The molecule has 3 N–H and O–H groups in total. The minimum absolute atomic E-state index is 0.147. The van der Waals surface area contributed by atoms with Crippen LogP contribution in [-0.4, -0.2) is 34.6 Å². The Morgan fingerprint density at radius 3 is 2.90 bits per heavy atom. The summed E-state index contributed by atoms with van der Waals surface area (Å²) in [7, 11) is 0. The molecule has 4 heterocycles. The average molecular weight is 391 g/mol. The van der Waals surface area contributed by atoms with E-state index in [1.807, 2.05) is 24.3 Å². The first-order valence-electron chi connectivity index (χ1n) is 10.3. The number of piperidine rings is 1. The van der Waals surface area contributed by atoms with Gasteiger partial charge in [0.2, 0.25) is 0 Å². The highest BCUT2D eigenvalue weighted by atomic mass is 16.5. The summed E-state index contributed by atoms with van der Waals surface area (Å²) in [5.74, 6) is 2.10. The van der Waals surface area contributed by atoms with Gasteiger partial charge in [-0.3, -0.25) is 9.78 Å². The van der Waals surface area contributed by atoms with Gasteiger partial charge in [0.1, 0.15) is 11.3 Å². The molecule has 0 radical (unpaired) electrons. The summed E-state index contributed by atoms with van der Waals surface area (Å²) in [5.41, 5.74) is 2.45. The summed E-state index contributed by atoms with van der Waals surface area (Å²) in [6.07, 6.45) is 4.49. The summed E-state index contributed by atoms with van der Waals surface area (Å²) in [4.78, 5) is 24.9. The molecule has 7 heteroatoms. The van der Waals surface area contributed by atoms with Gasteiger partial charge in [0.05, 0.1) is 11.1 Å². The van der Waals surface area contributed by atoms with E-state index in [1.165, 1.54) is 12.8 Å². The van der Waals surface area contributed by atoms with Crippen LogP contribution in [0.5, 0.6) is 5.75 Å². The van der Waals surface area contributed by atoms with Gasteiger partial charge in [-0.05, 0) is 56.1 Å². The Balaban J connectivity index is 1.38. The van der Waals surface area contributed by atoms with Crippen LogP contribution < -0.4 is 20.9 Å². The van der Waals surface area contributed by atoms with Crippen molar-refractivity contribution in [2.45, 2.75) is 31.9 Å². The first-order valence-corrected chi connectivity index (χ1v) is 10.3. The minimum Gasteiger partial charge on any atom is -0.482 e. The molecule has 1 unspecified atom stereocenters. The summed E-state index contributed by atoms with van der Waals surface area (Å²) in [6.45, 7) is 3.73. The van der Waals surface area contributed by atoms with Crippen molar-refractivity contribution in [1.82, 2.24) is 25.6 Å². The first-order chi connectivity index (χ1) is 14.3. The number of rotatable bonds is 5. The van der Waals surface area contributed by atoms with Gasteiger partial charge in [-0.15, -0.1) is 0 Å². The van der Waals surface area contributed by atoms with Crippen molar-refractivity contribution in [2.75, 3.05) is 19.6 Å². The van der Waals surface area contributed by atoms with E-state index in [2.05, 4.69) is 20.6 Å². The second kappa shape index (κ2) is 7.93. The predicted octanol–water partition coefficient (Wildman–Crippen LogP) is 2.08. The van der Waals surface area contributed by atoms with E-state index in [0.717, 1.165) is 36.6 Å². The van der Waals surface area contributed by atoms with E-state index in [-0.39, 0.29) is 11.7 Å². The second-order valence-corrected chi connectivity index (χ2v) is 7.85. The zero-order chi connectivity index (χ0) is 19.6. The molecule has 0 bridgehead atoms. The quantitative estimate of drug-likeness (QED) is 0.617. The maximum atomic E-state index is 12.7. The van der Waals surface area contributed by atoms with Gasteiger partial charge in [0.25, 0.3) is 5.56 Å². The molecule has 3 aromatic rings. The molecule has 1 saturated heterocycles. The molecule has 0 saturated carbocycles. The highest BCUT2D eigenvalue weighted by Gasteiger charge is 2.26. The molecular formula is C22H25N5O2. The van der Waals surface area contributed by atoms with Crippen molar-refractivity contribution >= 4 is 10.9 Å². The Hall–Kier alpha value is -2.77. The van der Waals surface area contributed by atoms with Crippen LogP contribution in [0.2, 0.25) is 0 Å². The van der Waals surface area contributed by atoms with E-state index in [0.29, 0.717) is 35.6 Å². The van der Waals surface area contributed by atoms with Gasteiger partial charge in [-0.25, -0.2) is 4.98 Å². The van der Waals surface area contributed by atoms with Crippen molar-refractivity contribution in [2.24, 2.45) is 5.92 Å². The van der Waals surface area contributed by atoms with Crippen LogP contribution in [0.3, 0.4) is 0 Å². The van der Waals surface area contributed by atoms with E-state index in [1.54, 1.807) is 12.3 Å². The molecule has 0 aliphatic carbocycles. The van der Waals surface area contributed by atoms with Gasteiger partial charge in [0, 0.05) is 19.2 Å². The molecule has 5 rings (SSSR count). The van der Waals surface area contributed by atoms with Gasteiger partial charge >= 0.3 is 0 Å². The summed E-state index contributed by atoms with van der Waals surface area (Å²) >= 11 is 0. The van der Waals surface area contributed by atoms with Gasteiger partial charge in [-0.2, -0.15) is 0 Å². The van der Waals surface area contributed by atoms with E-state index < -0.39 is 0 Å². The zero-order valence-corrected chi connectivity index (χ0v) is 16.3. The number of H-pyrrole nitrogens is 1. The highest BCUT2D eigenvalue weighted by Crippen LogP contribution is 2.35. The number of fused-ring (bicyclic) bond motifs is 2. The summed E-state index contributed by atoms with van der Waals surface area (Å²) < 4.78 is 6.02. The van der Waals surface area contributed by atoms with Crippen LogP contribution in [0.4, 0.5) is 0 Å². The number of nitrogens with one attached hydrogen (secondary N) is 3. The fourth-order valence-corrected chi connectivity index (χ4v) is 4.23. The Bertz CT molecular complexity index is 1050. The third kappa shape index (κ3) is 3.75. The number of benzene rings is 1. The molecule has 2 aromatic heterocycles. The fraction of sp³-hybridized carbons (Fsp3) is 0.409. The van der Waals surface area contributed by atoms with Crippen molar-refractivity contribution in [3.05, 3.63) is 64.0 Å². The number of hydrogen-bond donors (Lipinski definition) is 3. The third-order valence-corrected chi connectivity index (χ3v) is 5.85. The van der Waals surface area contributed by atoms with Crippen LogP contribution in [0.25, 0.3) is 10.9 Å². The van der Waals surface area contributed by atoms with Gasteiger partial charge in [-0.1, -0.05) is 18.2 Å². The van der Waals surface area contributed by atoms with E-state index >= 15 is 0 Å². The minimum atomic E-state index is -0.278. The van der Waals surface area contributed by atoms with E-state index in [4.69, 9.17) is 9.72 Å². The van der Waals surface area contributed by atoms with Crippen LogP contribution in [-0.2, 0) is 13.0 Å². The standard InChI is InChI=1S/C22H25N5O2/c28-22-16-7-10-25-17(13-24-12-14-5-8-23-9-6-14)20(16)26-21(27-22)19-11-15-3-1-2-4-18(15)29-19/h1-4,7,10,14,19,23-24H,5-6,8-9,11-13H2,(H,26,27,28). The van der Waals surface area contributed by atoms with Crippen molar-refractivity contribution in [3.8, 4) is 5.75 Å². The van der Waals surface area contributed by atoms with E-state index in [9.17, 15) is 4.79 Å². The topological polar surface area (TPSA) is 91.9 Å². The molecule has 1 fully saturated rings. The Labute approximate surface area is 168 Å². The lowest BCUT2D eigenvalue weighted by Crippen LogP contribution is -2.33. The number of aromatic nitrogens is 3. The normalized spacial score (nSPS) is 19.2. The molecule has 150 valence electrons. The number of hydrogen-bond acceptors (Lipinski definition) is 6. The smallest absolute Gasteiger partial charge is 0.258 e. The Kier molecular flexibility index (Phi) is 4.99. The molecule has 2 aliphatic heterocycles. The van der Waals surface area contributed by atoms with Crippen LogP contribution in [0.1, 0.15) is 36.0 Å². The molecule has 0 amide bonds. The maximum absolute atomic E-state index is 12.7. The second-order valence-electron chi connectivity index (χ2n) is 7.85. The Morgan fingerprint density at radius 1 is 1.17 bits per heavy atom. The van der Waals surface area contributed by atoms with Crippen LogP contribution >= 0.6 is 0 Å². The predicted molar refractivity (Wildman–Crippen MR) is 111 cm³/mol. The average Bonchev–Trinajstić information content (AvgIpc) is 3.19. The van der Waals surface area contributed by atoms with Crippen LogP contribution in [0.15, 0.2) is 41.3 Å². The number of ether oxygens (including phenoxy) is 1. The first kappa shape index (κ1) is 18.3. The maximum Gasteiger partial charge on any atom is 0.258 e. The zero-order valence-electron chi connectivity index (χ0n) is 16.3. The lowest BCUT2D eigenvalue weighted by Gasteiger charge is -2.22. The molecule has 2 aliphatic rings. The SMILES string of the molecule is O=c1[nH]c(C2Cc3ccccc3O2)nc2c(CNCC3CCNCC3)nccc12. The van der Waals surface area contributed by atoms with Gasteiger partial charge < -0.3 is 20.4 Å². The number of nitrogens with zero attached hydrogens (tertiary/aromatic N) is 2. The number of para-hydroxylation sites is 1. The van der Waals surface area contributed by atoms with Crippen molar-refractivity contribution < 1.29 is 4.74 Å². The van der Waals surface area contributed by atoms with Crippen molar-refractivity contribution in [3.63, 3.8) is 0 Å².